The van der Waals surface area contributed by atoms with Gasteiger partial charge in [-0.15, -0.1) is 0 Å². The quantitative estimate of drug-likeness (QED) is 0.352. The molecule has 2 unspecified atom stereocenters. The zero-order valence-corrected chi connectivity index (χ0v) is 19.4. The Morgan fingerprint density at radius 3 is 2.09 bits per heavy atom. The van der Waals surface area contributed by atoms with Crippen molar-refractivity contribution in [2.45, 2.75) is 44.2 Å². The molecule has 0 saturated heterocycles. The van der Waals surface area contributed by atoms with Gasteiger partial charge < -0.3 is 19.9 Å². The molecule has 2 aromatic rings. The molecule has 9 heteroatoms. The number of nitrogens with one attached hydrogen (secondary N) is 2. The van der Waals surface area contributed by atoms with Crippen molar-refractivity contribution >= 4 is 23.9 Å². The van der Waals surface area contributed by atoms with Crippen LogP contribution in [0.5, 0.6) is 0 Å². The second kappa shape index (κ2) is 10.6. The zero-order valence-electron chi connectivity index (χ0n) is 19.4. The van der Waals surface area contributed by atoms with Crippen LogP contribution < -0.4 is 10.6 Å². The summed E-state index contributed by atoms with van der Waals surface area (Å²) in [5.74, 6) is -3.11. The number of esters is 1. The Balaban J connectivity index is 1.42. The number of carboxylic acids is 1. The minimum Gasteiger partial charge on any atom is -0.480 e. The van der Waals surface area contributed by atoms with Gasteiger partial charge in [0, 0.05) is 5.92 Å². The van der Waals surface area contributed by atoms with Crippen LogP contribution in [-0.2, 0) is 23.9 Å². The van der Waals surface area contributed by atoms with Crippen molar-refractivity contribution in [2.24, 2.45) is 5.92 Å². The largest absolute Gasteiger partial charge is 0.480 e. The maximum absolute atomic E-state index is 12.8. The van der Waals surface area contributed by atoms with Crippen LogP contribution in [0.4, 0.5) is 4.79 Å². The summed E-state index contributed by atoms with van der Waals surface area (Å²) in [6, 6.07) is 12.8. The van der Waals surface area contributed by atoms with Crippen molar-refractivity contribution in [1.82, 2.24) is 10.6 Å². The summed E-state index contributed by atoms with van der Waals surface area (Å²) in [6.45, 7) is 1.54. The fraction of sp³-hybridized carbons (Fsp3) is 0.385. The molecule has 0 radical (unpaired) electrons. The maximum Gasteiger partial charge on any atom is 0.408 e. The van der Waals surface area contributed by atoms with E-state index >= 15 is 0 Å². The number of hydrogen-bond donors (Lipinski definition) is 3. The highest BCUT2D eigenvalue weighted by atomic mass is 16.6. The number of carboxylic acid groups (broad SMARTS) is 1. The first-order valence-corrected chi connectivity index (χ1v) is 11.7. The number of ether oxygens (including phenoxy) is 2. The monoisotopic (exact) mass is 480 g/mol. The Hall–Kier alpha value is -3.88. The average Bonchev–Trinajstić information content (AvgIpc) is 3.61. The van der Waals surface area contributed by atoms with Crippen LogP contribution >= 0.6 is 0 Å². The molecular weight excluding hydrogens is 452 g/mol. The fourth-order valence-corrected chi connectivity index (χ4v) is 4.38. The molecular formula is C26H28N2O7. The first-order valence-electron chi connectivity index (χ1n) is 11.7. The van der Waals surface area contributed by atoms with Crippen molar-refractivity contribution in [1.29, 1.82) is 0 Å². The summed E-state index contributed by atoms with van der Waals surface area (Å²) in [4.78, 5) is 49.3. The number of fused-ring (bicyclic) bond motifs is 3. The summed E-state index contributed by atoms with van der Waals surface area (Å²) in [6.07, 6.45) is 1.09. The lowest BCUT2D eigenvalue weighted by Crippen LogP contribution is -2.55. The second-order valence-corrected chi connectivity index (χ2v) is 8.73. The van der Waals surface area contributed by atoms with Crippen molar-refractivity contribution in [3.8, 4) is 11.1 Å². The molecule has 0 aromatic heterocycles. The van der Waals surface area contributed by atoms with Crippen molar-refractivity contribution < 1.29 is 33.8 Å². The first kappa shape index (κ1) is 24.3. The molecule has 0 heterocycles. The highest BCUT2D eigenvalue weighted by molar-refractivity contribution is 6.05. The van der Waals surface area contributed by atoms with Gasteiger partial charge in [-0.1, -0.05) is 61.4 Å². The van der Waals surface area contributed by atoms with Gasteiger partial charge >= 0.3 is 18.0 Å². The van der Waals surface area contributed by atoms with Crippen LogP contribution in [0.25, 0.3) is 11.1 Å². The summed E-state index contributed by atoms with van der Waals surface area (Å²) < 4.78 is 10.3. The van der Waals surface area contributed by atoms with Crippen LogP contribution in [0.1, 0.15) is 43.2 Å². The predicted molar refractivity (Wildman–Crippen MR) is 126 cm³/mol. The predicted octanol–water partition coefficient (Wildman–Crippen LogP) is 2.83. The van der Waals surface area contributed by atoms with Crippen molar-refractivity contribution in [2.75, 3.05) is 13.2 Å². The van der Waals surface area contributed by atoms with Crippen LogP contribution in [0.15, 0.2) is 48.5 Å². The van der Waals surface area contributed by atoms with Gasteiger partial charge in [-0.25, -0.2) is 14.4 Å². The Kier molecular flexibility index (Phi) is 7.33. The first-order chi connectivity index (χ1) is 16.9. The highest BCUT2D eigenvalue weighted by Gasteiger charge is 2.36. The number of amides is 2. The Morgan fingerprint density at radius 1 is 0.943 bits per heavy atom. The van der Waals surface area contributed by atoms with Crippen LogP contribution in [0, 0.1) is 5.92 Å². The SMILES string of the molecule is CCOC(=O)C(NC(=O)OCC1c2ccccc2-c2ccccc21)C(=O)NC(CC1CC1)C(=O)O. The smallest absolute Gasteiger partial charge is 0.408 e. The van der Waals surface area contributed by atoms with E-state index in [9.17, 15) is 24.3 Å². The minimum absolute atomic E-state index is 0.00352. The summed E-state index contributed by atoms with van der Waals surface area (Å²) >= 11 is 0. The van der Waals surface area contributed by atoms with E-state index in [2.05, 4.69) is 10.6 Å². The van der Waals surface area contributed by atoms with Crippen LogP contribution in [0.2, 0.25) is 0 Å². The molecule has 1 fully saturated rings. The molecule has 3 N–H and O–H groups in total. The molecule has 1 saturated carbocycles. The van der Waals surface area contributed by atoms with Gasteiger partial charge in [0.1, 0.15) is 12.6 Å². The Labute approximate surface area is 202 Å². The van der Waals surface area contributed by atoms with Gasteiger partial charge in [-0.05, 0) is 41.5 Å². The molecule has 2 aliphatic carbocycles. The Bertz CT molecular complexity index is 1080. The van der Waals surface area contributed by atoms with Crippen molar-refractivity contribution in [3.05, 3.63) is 59.7 Å². The van der Waals surface area contributed by atoms with E-state index in [-0.39, 0.29) is 31.5 Å². The average molecular weight is 481 g/mol. The van der Waals surface area contributed by atoms with Gasteiger partial charge in [0.2, 0.25) is 6.04 Å². The molecule has 4 rings (SSSR count). The molecule has 2 aliphatic rings. The number of aliphatic carboxylic acids is 1. The van der Waals surface area contributed by atoms with E-state index in [0.29, 0.717) is 0 Å². The molecule has 184 valence electrons. The summed E-state index contributed by atoms with van der Waals surface area (Å²) in [5.41, 5.74) is 4.17. The number of hydrogen-bond acceptors (Lipinski definition) is 6. The fourth-order valence-electron chi connectivity index (χ4n) is 4.38. The highest BCUT2D eigenvalue weighted by Crippen LogP contribution is 2.44. The van der Waals surface area contributed by atoms with Gasteiger partial charge in [-0.2, -0.15) is 0 Å². The normalized spacial score (nSPS) is 15.8. The number of benzene rings is 2. The molecule has 2 aromatic carbocycles. The van der Waals surface area contributed by atoms with Crippen LogP contribution in [-0.4, -0.2) is 54.3 Å². The maximum atomic E-state index is 12.8. The number of carbonyl (C=O) groups is 4. The molecule has 0 bridgehead atoms. The second-order valence-electron chi connectivity index (χ2n) is 8.73. The topological polar surface area (TPSA) is 131 Å². The summed E-state index contributed by atoms with van der Waals surface area (Å²) in [5, 5.41) is 14.0. The third kappa shape index (κ3) is 5.62. The third-order valence-corrected chi connectivity index (χ3v) is 6.27. The van der Waals surface area contributed by atoms with E-state index in [0.717, 1.165) is 35.1 Å². The number of alkyl carbamates (subject to hydrolysis) is 1. The van der Waals surface area contributed by atoms with E-state index in [1.165, 1.54) is 0 Å². The van der Waals surface area contributed by atoms with E-state index in [1.54, 1.807) is 6.92 Å². The lowest BCUT2D eigenvalue weighted by Gasteiger charge is -2.21. The molecule has 35 heavy (non-hydrogen) atoms. The molecule has 0 aliphatic heterocycles. The minimum atomic E-state index is -1.73. The van der Waals surface area contributed by atoms with Gasteiger partial charge in [0.15, 0.2) is 0 Å². The Morgan fingerprint density at radius 2 is 1.54 bits per heavy atom. The van der Waals surface area contributed by atoms with Gasteiger partial charge in [0.05, 0.1) is 6.61 Å². The standard InChI is InChI=1S/C26H28N2O7/c1-2-34-25(32)22(23(29)27-21(24(30)31)13-15-11-12-15)28-26(33)35-14-20-18-9-5-3-7-16(18)17-8-4-6-10-19(17)20/h3-10,15,20-22H,2,11-14H2,1H3,(H,27,29)(H,28,33)(H,30,31). The van der Waals surface area contributed by atoms with E-state index in [4.69, 9.17) is 9.47 Å². The van der Waals surface area contributed by atoms with Crippen LogP contribution in [0.3, 0.4) is 0 Å². The molecule has 0 spiro atoms. The molecule has 2 amide bonds. The molecule has 2 atom stereocenters. The van der Waals surface area contributed by atoms with E-state index in [1.807, 2.05) is 48.5 Å². The lowest BCUT2D eigenvalue weighted by molar-refractivity contribution is -0.151. The lowest BCUT2D eigenvalue weighted by atomic mass is 9.98. The molecule has 9 nitrogen and oxygen atoms in total. The zero-order chi connectivity index (χ0) is 24.9. The van der Waals surface area contributed by atoms with Gasteiger partial charge in [0.25, 0.3) is 5.91 Å². The van der Waals surface area contributed by atoms with Crippen molar-refractivity contribution in [3.63, 3.8) is 0 Å². The third-order valence-electron chi connectivity index (χ3n) is 6.27. The van der Waals surface area contributed by atoms with Gasteiger partial charge in [-0.3, -0.25) is 10.1 Å². The summed E-state index contributed by atoms with van der Waals surface area (Å²) in [7, 11) is 0. The number of rotatable bonds is 10. The van der Waals surface area contributed by atoms with E-state index < -0.39 is 36.0 Å². The number of carbonyl (C=O) groups excluding carboxylic acids is 3.